The second kappa shape index (κ2) is 7.98. The Hall–Kier alpha value is -3.93. The Morgan fingerprint density at radius 3 is 2.59 bits per heavy atom. The number of fused-ring (bicyclic) bond motifs is 1. The van der Waals surface area contributed by atoms with Crippen molar-refractivity contribution < 1.29 is 9.53 Å². The van der Waals surface area contributed by atoms with E-state index in [9.17, 15) is 4.79 Å². The van der Waals surface area contributed by atoms with Gasteiger partial charge in [-0.2, -0.15) is 5.10 Å². The molecule has 0 saturated heterocycles. The molecule has 144 valence electrons. The van der Waals surface area contributed by atoms with Crippen LogP contribution < -0.4 is 10.1 Å². The standard InChI is InChI=1S/C23H20N4O2/c1-16-21-14-18(15-24-23(21)27(26-16)19-6-4-3-5-7-19)25-22(28)13-10-17-8-11-20(29-2)12-9-17/h3-15H,1-2H3,(H,25,28)/b13-10+. The summed E-state index contributed by atoms with van der Waals surface area (Å²) in [6.07, 6.45) is 4.88. The van der Waals surface area contributed by atoms with Gasteiger partial charge in [0, 0.05) is 11.5 Å². The third kappa shape index (κ3) is 4.01. The Bertz CT molecular complexity index is 1180. The van der Waals surface area contributed by atoms with E-state index in [1.165, 1.54) is 6.08 Å². The molecule has 1 N–H and O–H groups in total. The first-order valence-corrected chi connectivity index (χ1v) is 9.18. The Morgan fingerprint density at radius 2 is 1.86 bits per heavy atom. The van der Waals surface area contributed by atoms with Gasteiger partial charge in [-0.05, 0) is 48.9 Å². The minimum atomic E-state index is -0.227. The molecule has 29 heavy (non-hydrogen) atoms. The molecule has 1 amide bonds. The predicted molar refractivity (Wildman–Crippen MR) is 114 cm³/mol. The minimum Gasteiger partial charge on any atom is -0.497 e. The first-order valence-electron chi connectivity index (χ1n) is 9.18. The molecule has 2 aromatic carbocycles. The van der Waals surface area contributed by atoms with Crippen LogP contribution in [0.25, 0.3) is 22.8 Å². The molecular formula is C23H20N4O2. The van der Waals surface area contributed by atoms with Gasteiger partial charge in [0.05, 0.1) is 30.4 Å². The van der Waals surface area contributed by atoms with Crippen LogP contribution in [-0.2, 0) is 4.79 Å². The number of aromatic nitrogens is 3. The van der Waals surface area contributed by atoms with Gasteiger partial charge in [0.1, 0.15) is 5.75 Å². The summed E-state index contributed by atoms with van der Waals surface area (Å²) in [6, 6.07) is 19.2. The number of benzene rings is 2. The van der Waals surface area contributed by atoms with Gasteiger partial charge < -0.3 is 10.1 Å². The molecule has 0 atom stereocenters. The van der Waals surface area contributed by atoms with Crippen molar-refractivity contribution >= 4 is 28.7 Å². The lowest BCUT2D eigenvalue weighted by Gasteiger charge is -2.04. The normalized spacial score (nSPS) is 11.1. The van der Waals surface area contributed by atoms with E-state index in [0.717, 1.165) is 33.7 Å². The molecule has 0 aliphatic heterocycles. The van der Waals surface area contributed by atoms with Crippen molar-refractivity contribution in [2.45, 2.75) is 6.92 Å². The van der Waals surface area contributed by atoms with E-state index in [1.807, 2.05) is 67.6 Å². The molecule has 6 nitrogen and oxygen atoms in total. The van der Waals surface area contributed by atoms with Crippen molar-refractivity contribution in [2.75, 3.05) is 12.4 Å². The summed E-state index contributed by atoms with van der Waals surface area (Å²) < 4.78 is 6.94. The Morgan fingerprint density at radius 1 is 1.10 bits per heavy atom. The molecule has 0 unspecified atom stereocenters. The van der Waals surface area contributed by atoms with Gasteiger partial charge in [0.25, 0.3) is 0 Å². The van der Waals surface area contributed by atoms with E-state index in [-0.39, 0.29) is 5.91 Å². The number of carbonyl (C=O) groups excluding carboxylic acids is 1. The van der Waals surface area contributed by atoms with Gasteiger partial charge in [0.2, 0.25) is 5.91 Å². The number of nitrogens with one attached hydrogen (secondary N) is 1. The largest absolute Gasteiger partial charge is 0.497 e. The summed E-state index contributed by atoms with van der Waals surface area (Å²) in [5.41, 5.74) is 4.08. The molecule has 0 saturated carbocycles. The minimum absolute atomic E-state index is 0.227. The second-order valence-electron chi connectivity index (χ2n) is 6.52. The maximum atomic E-state index is 12.3. The van der Waals surface area contributed by atoms with Crippen LogP contribution in [0, 0.1) is 6.92 Å². The number of rotatable bonds is 5. The molecule has 0 spiro atoms. The summed E-state index contributed by atoms with van der Waals surface area (Å²) in [6.45, 7) is 1.93. The molecule has 4 aromatic rings. The lowest BCUT2D eigenvalue weighted by molar-refractivity contribution is -0.111. The molecule has 2 aromatic heterocycles. The number of anilines is 1. The Balaban J connectivity index is 1.53. The number of hydrogen-bond donors (Lipinski definition) is 1. The maximum Gasteiger partial charge on any atom is 0.248 e. The number of ether oxygens (including phenoxy) is 1. The van der Waals surface area contributed by atoms with Crippen molar-refractivity contribution in [3.63, 3.8) is 0 Å². The van der Waals surface area contributed by atoms with Gasteiger partial charge in [-0.3, -0.25) is 4.79 Å². The van der Waals surface area contributed by atoms with Crippen LogP contribution in [0.3, 0.4) is 0 Å². The molecule has 0 fully saturated rings. The number of nitrogens with zero attached hydrogens (tertiary/aromatic N) is 3. The first kappa shape index (κ1) is 18.4. The highest BCUT2D eigenvalue weighted by molar-refractivity contribution is 6.02. The van der Waals surface area contributed by atoms with Crippen LogP contribution in [-0.4, -0.2) is 27.8 Å². The van der Waals surface area contributed by atoms with E-state index >= 15 is 0 Å². The average Bonchev–Trinajstić information content (AvgIpc) is 3.09. The zero-order valence-corrected chi connectivity index (χ0v) is 16.2. The van der Waals surface area contributed by atoms with E-state index in [2.05, 4.69) is 15.4 Å². The van der Waals surface area contributed by atoms with Gasteiger partial charge >= 0.3 is 0 Å². The van der Waals surface area contributed by atoms with Gasteiger partial charge in [-0.25, -0.2) is 9.67 Å². The fraction of sp³-hybridized carbons (Fsp3) is 0.0870. The molecule has 0 radical (unpaired) electrons. The van der Waals surface area contributed by atoms with Crippen molar-refractivity contribution in [2.24, 2.45) is 0 Å². The van der Waals surface area contributed by atoms with Crippen LogP contribution in [0.15, 0.2) is 72.9 Å². The molecule has 0 bridgehead atoms. The quantitative estimate of drug-likeness (QED) is 0.518. The number of aryl methyl sites for hydroxylation is 1. The second-order valence-corrected chi connectivity index (χ2v) is 6.52. The summed E-state index contributed by atoms with van der Waals surface area (Å²) in [5.74, 6) is 0.549. The third-order valence-electron chi connectivity index (χ3n) is 4.52. The highest BCUT2D eigenvalue weighted by atomic mass is 16.5. The molecule has 6 heteroatoms. The summed E-state index contributed by atoms with van der Waals surface area (Å²) >= 11 is 0. The highest BCUT2D eigenvalue weighted by Crippen LogP contribution is 2.23. The molecule has 0 aliphatic rings. The molecule has 2 heterocycles. The van der Waals surface area contributed by atoms with E-state index in [1.54, 1.807) is 24.1 Å². The highest BCUT2D eigenvalue weighted by Gasteiger charge is 2.11. The zero-order valence-electron chi connectivity index (χ0n) is 16.2. The van der Waals surface area contributed by atoms with Crippen molar-refractivity contribution in [1.29, 1.82) is 0 Å². The van der Waals surface area contributed by atoms with E-state index in [0.29, 0.717) is 5.69 Å². The molecule has 0 aliphatic carbocycles. The number of para-hydroxylation sites is 1. The molecule has 4 rings (SSSR count). The number of carbonyl (C=O) groups is 1. The fourth-order valence-corrected chi connectivity index (χ4v) is 3.03. The lowest BCUT2D eigenvalue weighted by atomic mass is 10.2. The summed E-state index contributed by atoms with van der Waals surface area (Å²) in [7, 11) is 1.62. The van der Waals surface area contributed by atoms with Crippen molar-refractivity contribution in [1.82, 2.24) is 14.8 Å². The van der Waals surface area contributed by atoms with E-state index in [4.69, 9.17) is 4.74 Å². The summed E-state index contributed by atoms with van der Waals surface area (Å²) in [4.78, 5) is 16.8. The number of pyridine rings is 1. The van der Waals surface area contributed by atoms with Crippen molar-refractivity contribution in [3.8, 4) is 11.4 Å². The zero-order chi connectivity index (χ0) is 20.2. The number of hydrogen-bond acceptors (Lipinski definition) is 4. The Labute approximate surface area is 168 Å². The molecular weight excluding hydrogens is 364 g/mol. The van der Waals surface area contributed by atoms with Crippen LogP contribution in [0.4, 0.5) is 5.69 Å². The maximum absolute atomic E-state index is 12.3. The van der Waals surface area contributed by atoms with Gasteiger partial charge in [-0.15, -0.1) is 0 Å². The first-order chi connectivity index (χ1) is 14.1. The SMILES string of the molecule is COc1ccc(/C=C/C(=O)Nc2cnc3c(c2)c(C)nn3-c2ccccc2)cc1. The lowest BCUT2D eigenvalue weighted by Crippen LogP contribution is -2.08. The summed E-state index contributed by atoms with van der Waals surface area (Å²) in [5, 5.41) is 8.33. The topological polar surface area (TPSA) is 69.0 Å². The monoisotopic (exact) mass is 384 g/mol. The Kier molecular flexibility index (Phi) is 5.07. The van der Waals surface area contributed by atoms with Crippen LogP contribution in [0.5, 0.6) is 5.75 Å². The van der Waals surface area contributed by atoms with Crippen LogP contribution in [0.1, 0.15) is 11.3 Å². The smallest absolute Gasteiger partial charge is 0.248 e. The fourth-order valence-electron chi connectivity index (χ4n) is 3.03. The van der Waals surface area contributed by atoms with E-state index < -0.39 is 0 Å². The average molecular weight is 384 g/mol. The van der Waals surface area contributed by atoms with Gasteiger partial charge in [-0.1, -0.05) is 30.3 Å². The number of amides is 1. The van der Waals surface area contributed by atoms with Gasteiger partial charge in [0.15, 0.2) is 5.65 Å². The predicted octanol–water partition coefficient (Wildman–Crippen LogP) is 4.39. The van der Waals surface area contributed by atoms with Crippen LogP contribution in [0.2, 0.25) is 0 Å². The van der Waals surface area contributed by atoms with Crippen LogP contribution >= 0.6 is 0 Å². The number of methoxy groups -OCH3 is 1. The third-order valence-corrected chi connectivity index (χ3v) is 4.52. The van der Waals surface area contributed by atoms with Crippen molar-refractivity contribution in [3.05, 3.63) is 84.2 Å².